The summed E-state index contributed by atoms with van der Waals surface area (Å²) in [4.78, 5) is 3.23. The van der Waals surface area contributed by atoms with Crippen LogP contribution in [0.4, 0.5) is 0 Å². The predicted molar refractivity (Wildman–Crippen MR) is 54.3 cm³/mol. The van der Waals surface area contributed by atoms with Crippen LogP contribution < -0.4 is 34.7 Å². The van der Waals surface area contributed by atoms with Crippen LogP contribution in [-0.4, -0.2) is 20.7 Å². The van der Waals surface area contributed by atoms with Crippen LogP contribution in [0.3, 0.4) is 0 Å². The van der Waals surface area contributed by atoms with Crippen molar-refractivity contribution in [3.8, 4) is 0 Å². The van der Waals surface area contributed by atoms with Crippen LogP contribution in [0.2, 0.25) is 0 Å². The van der Waals surface area contributed by atoms with E-state index in [0.717, 1.165) is 5.56 Å². The second-order valence-electron chi connectivity index (χ2n) is 2.65. The molecule has 0 aliphatic carbocycles. The number of nitrogens with zero attached hydrogens (tertiary/aromatic N) is 1. The van der Waals surface area contributed by atoms with Gasteiger partial charge in [0.15, 0.2) is 11.1 Å². The van der Waals surface area contributed by atoms with E-state index in [0.29, 0.717) is 0 Å². The molecular formula is C9H10NNaO4S. The summed E-state index contributed by atoms with van der Waals surface area (Å²) in [6.07, 6.45) is -0.832. The van der Waals surface area contributed by atoms with E-state index in [1.165, 1.54) is 0 Å². The predicted octanol–water partition coefficient (Wildman–Crippen LogP) is -2.90. The summed E-state index contributed by atoms with van der Waals surface area (Å²) in [5, 5.41) is 10.9. The Morgan fingerprint density at radius 1 is 1.44 bits per heavy atom. The average Bonchev–Trinajstić information content (AvgIpc) is 2.25. The van der Waals surface area contributed by atoms with Gasteiger partial charge < -0.3 is 14.4 Å². The smallest absolute Gasteiger partial charge is 0.596 e. The molecule has 0 saturated heterocycles. The Morgan fingerprint density at radius 2 is 2.06 bits per heavy atom. The van der Waals surface area contributed by atoms with Crippen molar-refractivity contribution < 1.29 is 48.2 Å². The average molecular weight is 251 g/mol. The molecule has 0 amide bonds. The fraction of sp³-hybridized carbons (Fsp3) is 0.222. The van der Waals surface area contributed by atoms with Gasteiger partial charge in [0.1, 0.15) is 12.0 Å². The summed E-state index contributed by atoms with van der Waals surface area (Å²) in [5.74, 6) is -0.451. The van der Waals surface area contributed by atoms with Crippen LogP contribution in [0, 0.1) is 0 Å². The van der Waals surface area contributed by atoms with E-state index < -0.39 is 23.0 Å². The van der Waals surface area contributed by atoms with Crippen molar-refractivity contribution in [3.63, 3.8) is 0 Å². The summed E-state index contributed by atoms with van der Waals surface area (Å²) in [6, 6.07) is 9.10. The molecule has 0 saturated carbocycles. The Hall–Kier alpha value is -0.400. The number of hydrogen-bond acceptors (Lipinski definition) is 4. The van der Waals surface area contributed by atoms with Gasteiger partial charge in [-0.2, -0.15) is 0 Å². The van der Waals surface area contributed by atoms with Gasteiger partial charge in [-0.1, -0.05) is 30.3 Å². The largest absolute Gasteiger partial charge is 1.00 e. The Kier molecular flexibility index (Phi) is 8.50. The molecule has 0 radical (unpaired) electrons. The maximum atomic E-state index is 10.9. The van der Waals surface area contributed by atoms with E-state index in [-0.39, 0.29) is 36.2 Å². The molecule has 1 aromatic carbocycles. The molecule has 0 aliphatic rings. The fourth-order valence-electron chi connectivity index (χ4n) is 0.873. The van der Waals surface area contributed by atoms with Gasteiger partial charge in [-0.3, -0.25) is 4.99 Å². The molecule has 0 aromatic heterocycles. The zero-order valence-electron chi connectivity index (χ0n) is 8.83. The molecule has 1 aromatic rings. The van der Waals surface area contributed by atoms with Gasteiger partial charge >= 0.3 is 29.6 Å². The molecular weight excluding hydrogens is 241 g/mol. The molecule has 5 nitrogen and oxygen atoms in total. The van der Waals surface area contributed by atoms with Gasteiger partial charge in [0.05, 0.1) is 0 Å². The normalized spacial score (nSPS) is 12.7. The van der Waals surface area contributed by atoms with Crippen LogP contribution in [0.5, 0.6) is 0 Å². The van der Waals surface area contributed by atoms with Crippen molar-refractivity contribution in [3.05, 3.63) is 35.9 Å². The molecule has 1 N–H and O–H groups in total. The second-order valence-corrected chi connectivity index (χ2v) is 3.55. The van der Waals surface area contributed by atoms with E-state index in [9.17, 15) is 9.32 Å². The first kappa shape index (κ1) is 15.6. The van der Waals surface area contributed by atoms with Crippen molar-refractivity contribution in [2.24, 2.45) is 4.99 Å². The molecule has 82 valence electrons. The zero-order chi connectivity index (χ0) is 11.1. The monoisotopic (exact) mass is 251 g/mol. The molecule has 0 bridgehead atoms. The summed E-state index contributed by atoms with van der Waals surface area (Å²) < 4.78 is 23.3. The van der Waals surface area contributed by atoms with Gasteiger partial charge in [-0.15, -0.1) is 0 Å². The third-order valence-electron chi connectivity index (χ3n) is 1.51. The quantitative estimate of drug-likeness (QED) is 0.269. The minimum Gasteiger partial charge on any atom is -0.596 e. The Morgan fingerprint density at radius 3 is 2.62 bits per heavy atom. The summed E-state index contributed by atoms with van der Waals surface area (Å²) in [6.45, 7) is 0.112. The van der Waals surface area contributed by atoms with E-state index in [1.807, 2.05) is 18.2 Å². The van der Waals surface area contributed by atoms with Crippen LogP contribution in [0.15, 0.2) is 35.3 Å². The van der Waals surface area contributed by atoms with Crippen LogP contribution in [-0.2, 0) is 22.4 Å². The van der Waals surface area contributed by atoms with Gasteiger partial charge in [-0.05, 0) is 5.56 Å². The molecule has 0 fully saturated rings. The number of ether oxygens (including phenoxy) is 1. The van der Waals surface area contributed by atoms with Crippen LogP contribution in [0.1, 0.15) is 5.56 Å². The first-order valence-corrected chi connectivity index (χ1v) is 5.41. The molecule has 1 rings (SSSR count). The number of benzene rings is 1. The minimum atomic E-state index is -2.10. The van der Waals surface area contributed by atoms with Crippen molar-refractivity contribution in [1.82, 2.24) is 0 Å². The Labute approximate surface area is 118 Å². The zero-order valence-corrected chi connectivity index (χ0v) is 11.6. The SMILES string of the molecule is O=S(O)CN=C([O-])OCc1ccccc1.[Na+]. The summed E-state index contributed by atoms with van der Waals surface area (Å²) in [5.41, 5.74) is 0.839. The van der Waals surface area contributed by atoms with E-state index >= 15 is 0 Å². The number of aliphatic imine (C=N–C) groups is 1. The molecule has 1 atom stereocenters. The van der Waals surface area contributed by atoms with Crippen molar-refractivity contribution >= 4 is 17.2 Å². The Bertz CT molecular complexity index is 358. The first-order valence-electron chi connectivity index (χ1n) is 4.14. The van der Waals surface area contributed by atoms with Crippen molar-refractivity contribution in [2.75, 3.05) is 5.88 Å². The molecule has 0 spiro atoms. The molecule has 7 heteroatoms. The second kappa shape index (κ2) is 8.72. The van der Waals surface area contributed by atoms with Crippen molar-refractivity contribution in [2.45, 2.75) is 6.61 Å². The van der Waals surface area contributed by atoms with Gasteiger partial charge in [0.25, 0.3) is 0 Å². The summed E-state index contributed by atoms with van der Waals surface area (Å²) >= 11 is -2.10. The molecule has 16 heavy (non-hydrogen) atoms. The molecule has 1 unspecified atom stereocenters. The van der Waals surface area contributed by atoms with Crippen LogP contribution in [0.25, 0.3) is 0 Å². The maximum Gasteiger partial charge on any atom is 1.00 e. The van der Waals surface area contributed by atoms with Gasteiger partial charge in [0, 0.05) is 6.61 Å². The third-order valence-corrected chi connectivity index (χ3v) is 1.86. The van der Waals surface area contributed by atoms with Gasteiger partial charge in [-0.25, -0.2) is 4.21 Å². The standard InChI is InChI=1S/C9H11NO4S.Na/c11-9(10-7-15(12)13)14-6-8-4-2-1-3-5-8;/h1-5H,6-7H2,(H,10,11)(H,12,13);/q;+1/p-1. The number of rotatable bonds is 4. The third kappa shape index (κ3) is 6.97. The van der Waals surface area contributed by atoms with Gasteiger partial charge in [0.2, 0.25) is 0 Å². The van der Waals surface area contributed by atoms with E-state index in [1.54, 1.807) is 12.1 Å². The topological polar surface area (TPSA) is 82.0 Å². The van der Waals surface area contributed by atoms with Crippen molar-refractivity contribution in [1.29, 1.82) is 0 Å². The van der Waals surface area contributed by atoms with E-state index in [4.69, 9.17) is 9.29 Å². The maximum absolute atomic E-state index is 10.9. The summed E-state index contributed by atoms with van der Waals surface area (Å²) in [7, 11) is 0. The molecule has 0 heterocycles. The Balaban J connectivity index is 0.00000225. The first-order chi connectivity index (χ1) is 7.18. The number of hydrogen-bond donors (Lipinski definition) is 1. The van der Waals surface area contributed by atoms with Crippen LogP contribution >= 0.6 is 0 Å². The van der Waals surface area contributed by atoms with E-state index in [2.05, 4.69) is 4.99 Å². The minimum absolute atomic E-state index is 0. The fourth-order valence-corrected chi connectivity index (χ4v) is 1.09. The molecule has 0 aliphatic heterocycles.